The molecule has 0 aromatic carbocycles. The summed E-state index contributed by atoms with van der Waals surface area (Å²) in [6.07, 6.45) is 11.0. The lowest BCUT2D eigenvalue weighted by atomic mass is 9.79. The van der Waals surface area contributed by atoms with Crippen LogP contribution in [0.1, 0.15) is 65.2 Å². The van der Waals surface area contributed by atoms with Crippen molar-refractivity contribution in [2.24, 2.45) is 16.8 Å². The molecule has 1 heteroatoms. The Bertz CT molecular complexity index is 183. The van der Waals surface area contributed by atoms with E-state index in [4.69, 9.17) is 0 Å². The van der Waals surface area contributed by atoms with Crippen LogP contribution in [-0.2, 0) is 0 Å². The fourth-order valence-electron chi connectivity index (χ4n) is 3.01. The molecular formula is C14H27N. The van der Waals surface area contributed by atoms with Crippen molar-refractivity contribution in [2.75, 3.05) is 7.05 Å². The molecule has 1 aliphatic rings. The highest BCUT2D eigenvalue weighted by atomic mass is 14.7. The van der Waals surface area contributed by atoms with Gasteiger partial charge >= 0.3 is 0 Å². The van der Waals surface area contributed by atoms with E-state index in [2.05, 4.69) is 18.8 Å². The van der Waals surface area contributed by atoms with Crippen molar-refractivity contribution < 1.29 is 0 Å². The number of rotatable bonds is 5. The summed E-state index contributed by atoms with van der Waals surface area (Å²) in [5.74, 6) is 1.59. The van der Waals surface area contributed by atoms with Crippen LogP contribution in [0.3, 0.4) is 0 Å². The van der Waals surface area contributed by atoms with E-state index in [9.17, 15) is 0 Å². The van der Waals surface area contributed by atoms with Crippen molar-refractivity contribution in [3.05, 3.63) is 0 Å². The van der Waals surface area contributed by atoms with E-state index < -0.39 is 0 Å². The van der Waals surface area contributed by atoms with Gasteiger partial charge in [0, 0.05) is 12.8 Å². The molecule has 1 unspecified atom stereocenters. The van der Waals surface area contributed by atoms with Gasteiger partial charge in [-0.3, -0.25) is 4.99 Å². The fraction of sp³-hybridized carbons (Fsp3) is 0.929. The zero-order valence-corrected chi connectivity index (χ0v) is 10.8. The van der Waals surface area contributed by atoms with E-state index in [1.807, 2.05) is 7.05 Å². The first-order valence-corrected chi connectivity index (χ1v) is 6.80. The predicted molar refractivity (Wildman–Crippen MR) is 68.6 cm³/mol. The Hall–Kier alpha value is -0.330. The Morgan fingerprint density at radius 2 is 1.87 bits per heavy atom. The molecule has 1 aliphatic carbocycles. The molecule has 0 aliphatic heterocycles. The van der Waals surface area contributed by atoms with E-state index in [1.165, 1.54) is 51.4 Å². The van der Waals surface area contributed by atoms with E-state index in [0.717, 1.165) is 11.8 Å². The van der Waals surface area contributed by atoms with Crippen LogP contribution in [0.25, 0.3) is 0 Å². The van der Waals surface area contributed by atoms with Crippen molar-refractivity contribution in [3.8, 4) is 0 Å². The lowest BCUT2D eigenvalue weighted by Crippen LogP contribution is -2.25. The summed E-state index contributed by atoms with van der Waals surface area (Å²) in [4.78, 5) is 4.62. The third-order valence-corrected chi connectivity index (χ3v) is 3.83. The summed E-state index contributed by atoms with van der Waals surface area (Å²) < 4.78 is 0. The van der Waals surface area contributed by atoms with Gasteiger partial charge in [0.1, 0.15) is 0 Å². The summed E-state index contributed by atoms with van der Waals surface area (Å²) in [5, 5.41) is 0. The first-order valence-electron chi connectivity index (χ1n) is 6.80. The summed E-state index contributed by atoms with van der Waals surface area (Å²) >= 11 is 0. The number of nitrogens with zero attached hydrogens (tertiary/aromatic N) is 1. The molecule has 0 spiro atoms. The molecule has 0 amide bonds. The van der Waals surface area contributed by atoms with Crippen LogP contribution in [0.2, 0.25) is 0 Å². The van der Waals surface area contributed by atoms with Crippen LogP contribution in [0.5, 0.6) is 0 Å². The normalized spacial score (nSPS) is 21.7. The second-order valence-corrected chi connectivity index (χ2v) is 4.88. The SMILES string of the molecule is CCCC(CC)/C(=N/C)C1CCCCC1. The monoisotopic (exact) mass is 209 g/mol. The van der Waals surface area contributed by atoms with Gasteiger partial charge in [0.25, 0.3) is 0 Å². The number of hydrogen-bond donors (Lipinski definition) is 0. The minimum Gasteiger partial charge on any atom is -0.297 e. The first kappa shape index (κ1) is 12.7. The third kappa shape index (κ3) is 3.62. The summed E-state index contributed by atoms with van der Waals surface area (Å²) in [7, 11) is 2.00. The zero-order valence-electron chi connectivity index (χ0n) is 10.8. The Morgan fingerprint density at radius 3 is 2.33 bits per heavy atom. The summed E-state index contributed by atoms with van der Waals surface area (Å²) in [6, 6.07) is 0. The van der Waals surface area contributed by atoms with Crippen molar-refractivity contribution in [1.29, 1.82) is 0 Å². The molecule has 15 heavy (non-hydrogen) atoms. The summed E-state index contributed by atoms with van der Waals surface area (Å²) in [6.45, 7) is 4.60. The smallest absolute Gasteiger partial charge is 0.0276 e. The molecule has 0 heterocycles. The Balaban J connectivity index is 2.59. The van der Waals surface area contributed by atoms with Crippen molar-refractivity contribution in [3.63, 3.8) is 0 Å². The second-order valence-electron chi connectivity index (χ2n) is 4.88. The molecule has 1 fully saturated rings. The molecule has 88 valence electrons. The Labute approximate surface area is 95.4 Å². The minimum atomic E-state index is 0.767. The van der Waals surface area contributed by atoms with Gasteiger partial charge < -0.3 is 0 Å². The number of hydrogen-bond acceptors (Lipinski definition) is 1. The van der Waals surface area contributed by atoms with Gasteiger partial charge in [-0.1, -0.05) is 39.5 Å². The molecule has 0 aromatic heterocycles. The molecule has 0 N–H and O–H groups in total. The van der Waals surface area contributed by atoms with Gasteiger partial charge in [0.2, 0.25) is 0 Å². The Kier molecular flexibility index (Phi) is 5.97. The van der Waals surface area contributed by atoms with E-state index >= 15 is 0 Å². The fourth-order valence-corrected chi connectivity index (χ4v) is 3.01. The highest BCUT2D eigenvalue weighted by Gasteiger charge is 2.23. The van der Waals surface area contributed by atoms with Crippen LogP contribution in [0.15, 0.2) is 4.99 Å². The molecule has 1 rings (SSSR count). The quantitative estimate of drug-likeness (QED) is 0.593. The van der Waals surface area contributed by atoms with Gasteiger partial charge in [-0.2, -0.15) is 0 Å². The topological polar surface area (TPSA) is 12.4 Å². The average Bonchev–Trinajstić information content (AvgIpc) is 2.30. The van der Waals surface area contributed by atoms with Crippen molar-refractivity contribution >= 4 is 5.71 Å². The molecular weight excluding hydrogens is 182 g/mol. The maximum absolute atomic E-state index is 4.62. The molecule has 0 radical (unpaired) electrons. The van der Waals surface area contributed by atoms with E-state index in [0.29, 0.717) is 0 Å². The largest absolute Gasteiger partial charge is 0.297 e. The lowest BCUT2D eigenvalue weighted by molar-refractivity contribution is 0.418. The van der Waals surface area contributed by atoms with Gasteiger partial charge in [-0.05, 0) is 37.5 Å². The van der Waals surface area contributed by atoms with Crippen LogP contribution >= 0.6 is 0 Å². The lowest BCUT2D eigenvalue weighted by Gasteiger charge is -2.28. The van der Waals surface area contributed by atoms with E-state index in [-0.39, 0.29) is 0 Å². The van der Waals surface area contributed by atoms with Crippen LogP contribution in [0, 0.1) is 11.8 Å². The van der Waals surface area contributed by atoms with Gasteiger partial charge in [-0.25, -0.2) is 0 Å². The number of aliphatic imine (C=N–C) groups is 1. The minimum absolute atomic E-state index is 0.767. The molecule has 0 bridgehead atoms. The highest BCUT2D eigenvalue weighted by Crippen LogP contribution is 2.29. The maximum Gasteiger partial charge on any atom is 0.0276 e. The van der Waals surface area contributed by atoms with Crippen molar-refractivity contribution in [2.45, 2.75) is 65.2 Å². The highest BCUT2D eigenvalue weighted by molar-refractivity contribution is 5.89. The first-order chi connectivity index (χ1) is 7.33. The molecule has 1 saturated carbocycles. The Morgan fingerprint density at radius 1 is 1.20 bits per heavy atom. The maximum atomic E-state index is 4.62. The van der Waals surface area contributed by atoms with Gasteiger partial charge in [0.15, 0.2) is 0 Å². The molecule has 0 aromatic rings. The second kappa shape index (κ2) is 7.03. The molecule has 1 nitrogen and oxygen atoms in total. The summed E-state index contributed by atoms with van der Waals surface area (Å²) in [5.41, 5.74) is 1.54. The van der Waals surface area contributed by atoms with Crippen LogP contribution in [0.4, 0.5) is 0 Å². The molecule has 1 atom stereocenters. The van der Waals surface area contributed by atoms with Crippen molar-refractivity contribution in [1.82, 2.24) is 0 Å². The third-order valence-electron chi connectivity index (χ3n) is 3.83. The molecule has 0 saturated heterocycles. The van der Waals surface area contributed by atoms with Crippen LogP contribution in [-0.4, -0.2) is 12.8 Å². The zero-order chi connectivity index (χ0) is 11.1. The van der Waals surface area contributed by atoms with Gasteiger partial charge in [0.05, 0.1) is 0 Å². The standard InChI is InChI=1S/C14H27N/c1-4-9-12(5-2)14(15-3)13-10-7-6-8-11-13/h12-13H,4-11H2,1-3H3/b15-14-. The predicted octanol–water partition coefficient (Wildman–Crippen LogP) is 4.46. The van der Waals surface area contributed by atoms with Crippen LogP contribution < -0.4 is 0 Å². The van der Waals surface area contributed by atoms with E-state index in [1.54, 1.807) is 5.71 Å². The average molecular weight is 209 g/mol. The van der Waals surface area contributed by atoms with Gasteiger partial charge in [-0.15, -0.1) is 0 Å².